The Bertz CT molecular complexity index is 350. The number of hydrogen-bond acceptors (Lipinski definition) is 3. The molecule has 0 bridgehead atoms. The number of benzene rings is 1. The first-order chi connectivity index (χ1) is 7.15. The zero-order chi connectivity index (χ0) is 11.3. The van der Waals surface area contributed by atoms with Crippen molar-refractivity contribution in [1.82, 2.24) is 5.32 Å². The number of amides is 1. The number of nitrogens with one attached hydrogen (secondary N) is 1. The predicted molar refractivity (Wildman–Crippen MR) is 60.5 cm³/mol. The van der Waals surface area contributed by atoms with Crippen molar-refractivity contribution in [2.24, 2.45) is 11.5 Å². The third kappa shape index (κ3) is 3.34. The molecule has 82 valence electrons. The molecule has 0 saturated carbocycles. The molecule has 1 amide bonds. The maximum atomic E-state index is 10.9. The van der Waals surface area contributed by atoms with Crippen LogP contribution in [0.1, 0.15) is 21.5 Å². The van der Waals surface area contributed by atoms with Crippen LogP contribution in [-0.4, -0.2) is 19.0 Å². The number of primary amides is 1. The maximum absolute atomic E-state index is 10.9. The molecule has 1 rings (SSSR count). The van der Waals surface area contributed by atoms with Crippen molar-refractivity contribution in [2.45, 2.75) is 13.5 Å². The van der Waals surface area contributed by atoms with E-state index in [1.54, 1.807) is 6.07 Å². The number of aryl methyl sites for hydroxylation is 1. The summed E-state index contributed by atoms with van der Waals surface area (Å²) in [5.41, 5.74) is 13.3. The zero-order valence-corrected chi connectivity index (χ0v) is 8.92. The fourth-order valence-corrected chi connectivity index (χ4v) is 1.37. The van der Waals surface area contributed by atoms with Crippen molar-refractivity contribution in [3.8, 4) is 0 Å². The quantitative estimate of drug-likeness (QED) is 0.601. The van der Waals surface area contributed by atoms with Crippen LogP contribution in [0.4, 0.5) is 0 Å². The van der Waals surface area contributed by atoms with Gasteiger partial charge in [-0.2, -0.15) is 0 Å². The Kier molecular flexibility index (Phi) is 4.27. The van der Waals surface area contributed by atoms with Gasteiger partial charge in [-0.1, -0.05) is 6.07 Å². The molecule has 0 unspecified atom stereocenters. The van der Waals surface area contributed by atoms with E-state index >= 15 is 0 Å². The molecule has 0 aliphatic carbocycles. The Labute approximate surface area is 89.6 Å². The third-order valence-electron chi connectivity index (χ3n) is 2.26. The monoisotopic (exact) mass is 207 g/mol. The van der Waals surface area contributed by atoms with E-state index in [0.29, 0.717) is 12.1 Å². The minimum Gasteiger partial charge on any atom is -0.366 e. The van der Waals surface area contributed by atoms with Crippen LogP contribution in [0.5, 0.6) is 0 Å². The van der Waals surface area contributed by atoms with E-state index in [2.05, 4.69) is 5.32 Å². The standard InChI is InChI=1S/C11H17N3O/c1-8-6-9(11(13)15)2-3-10(8)7-14-5-4-12/h2-3,6,14H,4-5,7,12H2,1H3,(H2,13,15). The van der Waals surface area contributed by atoms with Crippen molar-refractivity contribution in [3.05, 3.63) is 34.9 Å². The Morgan fingerprint density at radius 3 is 2.73 bits per heavy atom. The molecule has 4 nitrogen and oxygen atoms in total. The second-order valence-corrected chi connectivity index (χ2v) is 3.47. The highest BCUT2D eigenvalue weighted by molar-refractivity contribution is 5.93. The van der Waals surface area contributed by atoms with Gasteiger partial charge in [0.15, 0.2) is 0 Å². The fraction of sp³-hybridized carbons (Fsp3) is 0.364. The lowest BCUT2D eigenvalue weighted by Gasteiger charge is -2.07. The Balaban J connectivity index is 2.70. The summed E-state index contributed by atoms with van der Waals surface area (Å²) in [5, 5.41) is 3.20. The van der Waals surface area contributed by atoms with Gasteiger partial charge >= 0.3 is 0 Å². The largest absolute Gasteiger partial charge is 0.366 e. The molecule has 0 aliphatic rings. The van der Waals surface area contributed by atoms with Gasteiger partial charge in [0.25, 0.3) is 0 Å². The second-order valence-electron chi connectivity index (χ2n) is 3.47. The Hall–Kier alpha value is -1.39. The van der Waals surface area contributed by atoms with Gasteiger partial charge in [0, 0.05) is 25.2 Å². The molecule has 0 spiro atoms. The average molecular weight is 207 g/mol. The van der Waals surface area contributed by atoms with Gasteiger partial charge in [-0.05, 0) is 30.2 Å². The number of hydrogen-bond donors (Lipinski definition) is 3. The van der Waals surface area contributed by atoms with Gasteiger partial charge < -0.3 is 16.8 Å². The Morgan fingerprint density at radius 1 is 1.47 bits per heavy atom. The van der Waals surface area contributed by atoms with E-state index in [1.807, 2.05) is 19.1 Å². The zero-order valence-electron chi connectivity index (χ0n) is 8.92. The summed E-state index contributed by atoms with van der Waals surface area (Å²) in [5.74, 6) is -0.389. The molecule has 1 aromatic rings. The van der Waals surface area contributed by atoms with Crippen LogP contribution in [0, 0.1) is 6.92 Å². The van der Waals surface area contributed by atoms with Gasteiger partial charge in [-0.3, -0.25) is 4.79 Å². The van der Waals surface area contributed by atoms with Crippen LogP contribution in [-0.2, 0) is 6.54 Å². The van der Waals surface area contributed by atoms with E-state index in [9.17, 15) is 4.79 Å². The fourth-order valence-electron chi connectivity index (χ4n) is 1.37. The second kappa shape index (κ2) is 5.48. The van der Waals surface area contributed by atoms with Crippen molar-refractivity contribution >= 4 is 5.91 Å². The van der Waals surface area contributed by atoms with E-state index in [0.717, 1.165) is 24.2 Å². The van der Waals surface area contributed by atoms with Crippen LogP contribution in [0.3, 0.4) is 0 Å². The molecule has 0 aliphatic heterocycles. The first-order valence-corrected chi connectivity index (χ1v) is 4.95. The highest BCUT2D eigenvalue weighted by Crippen LogP contribution is 2.10. The predicted octanol–water partition coefficient (Wildman–Crippen LogP) is 0.142. The van der Waals surface area contributed by atoms with Crippen molar-refractivity contribution in [2.75, 3.05) is 13.1 Å². The molecule has 0 heterocycles. The van der Waals surface area contributed by atoms with Crippen LogP contribution >= 0.6 is 0 Å². The molecular formula is C11H17N3O. The number of rotatable bonds is 5. The minimum atomic E-state index is -0.389. The van der Waals surface area contributed by atoms with E-state index < -0.39 is 0 Å². The van der Waals surface area contributed by atoms with Gasteiger partial charge in [-0.15, -0.1) is 0 Å². The summed E-state index contributed by atoms with van der Waals surface area (Å²) in [6, 6.07) is 5.47. The topological polar surface area (TPSA) is 81.1 Å². The summed E-state index contributed by atoms with van der Waals surface area (Å²) in [6.45, 7) is 4.14. The minimum absolute atomic E-state index is 0.389. The molecule has 15 heavy (non-hydrogen) atoms. The molecule has 4 heteroatoms. The van der Waals surface area contributed by atoms with Crippen LogP contribution < -0.4 is 16.8 Å². The van der Waals surface area contributed by atoms with Crippen LogP contribution in [0.15, 0.2) is 18.2 Å². The molecule has 0 fully saturated rings. The number of carbonyl (C=O) groups excluding carboxylic acids is 1. The summed E-state index contributed by atoms with van der Waals surface area (Å²) in [4.78, 5) is 10.9. The molecular weight excluding hydrogens is 190 g/mol. The molecule has 0 atom stereocenters. The van der Waals surface area contributed by atoms with Crippen LogP contribution in [0.2, 0.25) is 0 Å². The van der Waals surface area contributed by atoms with Gasteiger partial charge in [0.05, 0.1) is 0 Å². The van der Waals surface area contributed by atoms with E-state index in [-0.39, 0.29) is 5.91 Å². The first kappa shape index (κ1) is 11.7. The summed E-state index contributed by atoms with van der Waals surface area (Å²) < 4.78 is 0. The molecule has 0 saturated heterocycles. The lowest BCUT2D eigenvalue weighted by Crippen LogP contribution is -2.22. The summed E-state index contributed by atoms with van der Waals surface area (Å²) >= 11 is 0. The highest BCUT2D eigenvalue weighted by Gasteiger charge is 2.03. The Morgan fingerprint density at radius 2 is 2.20 bits per heavy atom. The van der Waals surface area contributed by atoms with E-state index in [4.69, 9.17) is 11.5 Å². The number of nitrogens with two attached hydrogens (primary N) is 2. The number of carbonyl (C=O) groups is 1. The molecule has 5 N–H and O–H groups in total. The lowest BCUT2D eigenvalue weighted by molar-refractivity contribution is 0.1000. The normalized spacial score (nSPS) is 10.3. The average Bonchev–Trinajstić information content (AvgIpc) is 2.20. The van der Waals surface area contributed by atoms with Crippen LogP contribution in [0.25, 0.3) is 0 Å². The smallest absolute Gasteiger partial charge is 0.248 e. The molecule has 0 aromatic heterocycles. The van der Waals surface area contributed by atoms with E-state index in [1.165, 1.54) is 0 Å². The first-order valence-electron chi connectivity index (χ1n) is 4.95. The highest BCUT2D eigenvalue weighted by atomic mass is 16.1. The summed E-state index contributed by atoms with van der Waals surface area (Å²) in [6.07, 6.45) is 0. The van der Waals surface area contributed by atoms with Gasteiger partial charge in [0.2, 0.25) is 5.91 Å². The summed E-state index contributed by atoms with van der Waals surface area (Å²) in [7, 11) is 0. The van der Waals surface area contributed by atoms with Gasteiger partial charge in [0.1, 0.15) is 0 Å². The lowest BCUT2D eigenvalue weighted by atomic mass is 10.0. The van der Waals surface area contributed by atoms with Crippen molar-refractivity contribution < 1.29 is 4.79 Å². The molecule has 1 aromatic carbocycles. The van der Waals surface area contributed by atoms with Crippen molar-refractivity contribution in [3.63, 3.8) is 0 Å². The third-order valence-corrected chi connectivity index (χ3v) is 2.26. The van der Waals surface area contributed by atoms with Crippen molar-refractivity contribution in [1.29, 1.82) is 0 Å². The molecule has 0 radical (unpaired) electrons. The van der Waals surface area contributed by atoms with Gasteiger partial charge in [-0.25, -0.2) is 0 Å². The SMILES string of the molecule is Cc1cc(C(N)=O)ccc1CNCCN. The maximum Gasteiger partial charge on any atom is 0.248 e.